The van der Waals surface area contributed by atoms with Crippen LogP contribution in [0.1, 0.15) is 11.7 Å². The highest BCUT2D eigenvalue weighted by Crippen LogP contribution is 2.23. The van der Waals surface area contributed by atoms with Gasteiger partial charge in [0.25, 0.3) is 0 Å². The summed E-state index contributed by atoms with van der Waals surface area (Å²) in [6.45, 7) is 3.62. The third-order valence-corrected chi connectivity index (χ3v) is 2.44. The third-order valence-electron chi connectivity index (χ3n) is 2.44. The first-order valence-corrected chi connectivity index (χ1v) is 5.09. The van der Waals surface area contributed by atoms with Crippen LogP contribution in [0.4, 0.5) is 0 Å². The first kappa shape index (κ1) is 10.5. The number of rotatable bonds is 3. The lowest BCUT2D eigenvalue weighted by Crippen LogP contribution is -2.05. The van der Waals surface area contributed by atoms with Crippen molar-refractivity contribution in [1.29, 1.82) is 0 Å². The first-order valence-electron chi connectivity index (χ1n) is 5.09. The van der Waals surface area contributed by atoms with E-state index in [0.717, 1.165) is 5.56 Å². The van der Waals surface area contributed by atoms with Gasteiger partial charge >= 0.3 is 0 Å². The lowest BCUT2D eigenvalue weighted by molar-refractivity contribution is 0.232. The number of aliphatic hydroxyl groups is 1. The molecule has 1 aromatic carbocycles. The summed E-state index contributed by atoms with van der Waals surface area (Å²) in [6.07, 6.45) is 3.02. The Hall–Kier alpha value is -2.02. The molecule has 0 aliphatic carbocycles. The van der Waals surface area contributed by atoms with Crippen molar-refractivity contribution in [3.8, 4) is 0 Å². The summed E-state index contributed by atoms with van der Waals surface area (Å²) in [5.41, 5.74) is 4.25. The van der Waals surface area contributed by atoms with Gasteiger partial charge in [0.05, 0.1) is 5.70 Å². The van der Waals surface area contributed by atoms with Crippen LogP contribution in [0.15, 0.2) is 67.2 Å². The van der Waals surface area contributed by atoms with Crippen molar-refractivity contribution < 1.29 is 5.11 Å². The van der Waals surface area contributed by atoms with Crippen LogP contribution in [0.2, 0.25) is 0 Å². The fourth-order valence-corrected chi connectivity index (χ4v) is 1.62. The molecule has 2 nitrogen and oxygen atoms in total. The molecule has 0 amide bonds. The van der Waals surface area contributed by atoms with Gasteiger partial charge in [-0.15, -0.1) is 5.73 Å². The standard InChI is InChI=1S/C14H13NO/c1-2-13(15-10-6-7-11-15)14(16)12-8-4-3-5-9-12/h3-11,14,16H,1H2. The van der Waals surface area contributed by atoms with Crippen LogP contribution in [0.25, 0.3) is 5.70 Å². The monoisotopic (exact) mass is 211 g/mol. The Kier molecular flexibility index (Phi) is 3.06. The summed E-state index contributed by atoms with van der Waals surface area (Å²) in [7, 11) is 0. The van der Waals surface area contributed by atoms with Crippen LogP contribution in [-0.2, 0) is 0 Å². The van der Waals surface area contributed by atoms with Crippen molar-refractivity contribution in [3.05, 3.63) is 72.7 Å². The van der Waals surface area contributed by atoms with E-state index in [1.54, 1.807) is 0 Å². The predicted octanol–water partition coefficient (Wildman–Crippen LogP) is 2.85. The van der Waals surface area contributed by atoms with Gasteiger partial charge in [-0.2, -0.15) is 0 Å². The lowest BCUT2D eigenvalue weighted by atomic mass is 10.1. The fraction of sp³-hybridized carbons (Fsp3) is 0.0714. The van der Waals surface area contributed by atoms with Gasteiger partial charge in [0.2, 0.25) is 0 Å². The molecule has 1 N–H and O–H groups in total. The van der Waals surface area contributed by atoms with Gasteiger partial charge in [-0.05, 0) is 17.7 Å². The Morgan fingerprint density at radius 2 is 1.75 bits per heavy atom. The molecule has 2 rings (SSSR count). The van der Waals surface area contributed by atoms with Crippen LogP contribution in [0.3, 0.4) is 0 Å². The second-order valence-electron chi connectivity index (χ2n) is 3.47. The average molecular weight is 211 g/mol. The second kappa shape index (κ2) is 4.67. The quantitative estimate of drug-likeness (QED) is 0.776. The maximum Gasteiger partial charge on any atom is 0.127 e. The molecule has 16 heavy (non-hydrogen) atoms. The second-order valence-corrected chi connectivity index (χ2v) is 3.47. The minimum absolute atomic E-state index is 0.635. The zero-order valence-electron chi connectivity index (χ0n) is 8.88. The molecule has 1 aromatic heterocycles. The number of hydrogen-bond acceptors (Lipinski definition) is 1. The summed E-state index contributed by atoms with van der Waals surface area (Å²) in [4.78, 5) is 0. The first-order chi connectivity index (χ1) is 7.83. The molecule has 0 fully saturated rings. The average Bonchev–Trinajstić information content (AvgIpc) is 2.85. The summed E-state index contributed by atoms with van der Waals surface area (Å²) >= 11 is 0. The summed E-state index contributed by atoms with van der Waals surface area (Å²) in [5.74, 6) is 0. The van der Waals surface area contributed by atoms with Crippen LogP contribution >= 0.6 is 0 Å². The molecule has 0 aliphatic heterocycles. The normalized spacial score (nSPS) is 11.8. The van der Waals surface area contributed by atoms with E-state index in [0.29, 0.717) is 5.70 Å². The lowest BCUT2D eigenvalue weighted by Gasteiger charge is -2.14. The number of aromatic nitrogens is 1. The summed E-state index contributed by atoms with van der Waals surface area (Å²) < 4.78 is 1.81. The van der Waals surface area contributed by atoms with Crippen molar-refractivity contribution in [2.24, 2.45) is 0 Å². The largest absolute Gasteiger partial charge is 0.381 e. The molecule has 1 unspecified atom stereocenters. The van der Waals surface area contributed by atoms with Gasteiger partial charge in [-0.3, -0.25) is 0 Å². The molecule has 0 radical (unpaired) electrons. The molecule has 0 saturated heterocycles. The third kappa shape index (κ3) is 1.98. The highest BCUT2D eigenvalue weighted by atomic mass is 16.3. The minimum Gasteiger partial charge on any atom is -0.381 e. The Morgan fingerprint density at radius 1 is 1.12 bits per heavy atom. The van der Waals surface area contributed by atoms with E-state index in [1.807, 2.05) is 59.4 Å². The molecular formula is C14H13NO. The van der Waals surface area contributed by atoms with Crippen LogP contribution in [0.5, 0.6) is 0 Å². The van der Waals surface area contributed by atoms with Gasteiger partial charge < -0.3 is 9.67 Å². The molecule has 0 saturated carbocycles. The molecule has 0 bridgehead atoms. The Bertz CT molecular complexity index is 493. The maximum absolute atomic E-state index is 10.2. The minimum atomic E-state index is -0.703. The fourth-order valence-electron chi connectivity index (χ4n) is 1.62. The van der Waals surface area contributed by atoms with E-state index >= 15 is 0 Å². The molecule has 0 aliphatic rings. The molecule has 2 heteroatoms. The van der Waals surface area contributed by atoms with Crippen molar-refractivity contribution in [2.75, 3.05) is 0 Å². The topological polar surface area (TPSA) is 25.2 Å². The van der Waals surface area contributed by atoms with Crippen LogP contribution in [-0.4, -0.2) is 9.67 Å². The predicted molar refractivity (Wildman–Crippen MR) is 64.7 cm³/mol. The zero-order valence-corrected chi connectivity index (χ0v) is 8.88. The maximum atomic E-state index is 10.2. The van der Waals surface area contributed by atoms with E-state index in [2.05, 4.69) is 12.3 Å². The Morgan fingerprint density at radius 3 is 2.31 bits per heavy atom. The SMILES string of the molecule is C=C=C(C(O)c1ccccc1)n1cccc1. The number of nitrogens with zero attached hydrogens (tertiary/aromatic N) is 1. The smallest absolute Gasteiger partial charge is 0.127 e. The van der Waals surface area contributed by atoms with Gasteiger partial charge in [0, 0.05) is 12.4 Å². The van der Waals surface area contributed by atoms with E-state index in [9.17, 15) is 5.11 Å². The molecule has 80 valence electrons. The Labute approximate surface area is 94.8 Å². The summed E-state index contributed by atoms with van der Waals surface area (Å²) in [6, 6.07) is 13.3. The number of hydrogen-bond donors (Lipinski definition) is 1. The van der Waals surface area contributed by atoms with Gasteiger partial charge in [0.1, 0.15) is 6.10 Å². The van der Waals surface area contributed by atoms with E-state index in [-0.39, 0.29) is 0 Å². The molecule has 2 aromatic rings. The highest BCUT2D eigenvalue weighted by Gasteiger charge is 2.13. The number of aliphatic hydroxyl groups excluding tert-OH is 1. The van der Waals surface area contributed by atoms with Gasteiger partial charge in [-0.1, -0.05) is 36.9 Å². The van der Waals surface area contributed by atoms with E-state index in [1.165, 1.54) is 0 Å². The number of benzene rings is 1. The van der Waals surface area contributed by atoms with Crippen molar-refractivity contribution in [3.63, 3.8) is 0 Å². The van der Waals surface area contributed by atoms with E-state index < -0.39 is 6.10 Å². The van der Waals surface area contributed by atoms with Crippen molar-refractivity contribution in [1.82, 2.24) is 4.57 Å². The van der Waals surface area contributed by atoms with Crippen LogP contribution < -0.4 is 0 Å². The molecule has 0 spiro atoms. The van der Waals surface area contributed by atoms with Crippen molar-refractivity contribution in [2.45, 2.75) is 6.10 Å². The molecular weight excluding hydrogens is 198 g/mol. The zero-order chi connectivity index (χ0) is 11.4. The van der Waals surface area contributed by atoms with Crippen LogP contribution in [0, 0.1) is 0 Å². The Balaban J connectivity index is 2.35. The molecule has 1 atom stereocenters. The van der Waals surface area contributed by atoms with Gasteiger partial charge in [0.15, 0.2) is 0 Å². The van der Waals surface area contributed by atoms with Crippen molar-refractivity contribution >= 4 is 5.70 Å². The van der Waals surface area contributed by atoms with E-state index in [4.69, 9.17) is 0 Å². The highest BCUT2D eigenvalue weighted by molar-refractivity contribution is 5.52. The van der Waals surface area contributed by atoms with Gasteiger partial charge in [-0.25, -0.2) is 0 Å². The summed E-state index contributed by atoms with van der Waals surface area (Å²) in [5, 5.41) is 10.2. The molecule has 1 heterocycles.